The number of aliphatic carboxylic acids is 2. The lowest BCUT2D eigenvalue weighted by Gasteiger charge is -2.36. The van der Waals surface area contributed by atoms with E-state index < -0.39 is 11.9 Å². The Morgan fingerprint density at radius 1 is 1.07 bits per heavy atom. The molecule has 1 aliphatic rings. The molecule has 2 aromatic rings. The Labute approximate surface area is 184 Å². The van der Waals surface area contributed by atoms with Gasteiger partial charge >= 0.3 is 11.9 Å². The fraction of sp³-hybridized carbons (Fsp3) is 0.238. The van der Waals surface area contributed by atoms with E-state index >= 15 is 0 Å². The van der Waals surface area contributed by atoms with Crippen molar-refractivity contribution in [3.63, 3.8) is 0 Å². The highest BCUT2D eigenvalue weighted by atomic mass is 35.5. The number of hydrogen-bond donors (Lipinski definition) is 2. The van der Waals surface area contributed by atoms with Gasteiger partial charge in [0.1, 0.15) is 0 Å². The highest BCUT2D eigenvalue weighted by Crippen LogP contribution is 2.48. The highest BCUT2D eigenvalue weighted by Gasteiger charge is 2.23. The first-order valence-electron chi connectivity index (χ1n) is 9.09. The number of anilines is 2. The second kappa shape index (κ2) is 10.5. The van der Waals surface area contributed by atoms with E-state index in [-0.39, 0.29) is 4.65 Å². The third kappa shape index (κ3) is 7.38. The molecular formula is C21H23ClN2O5S. The number of benzene rings is 2. The third-order valence-electron chi connectivity index (χ3n) is 4.03. The molecule has 1 heterocycles. The lowest BCUT2D eigenvalue weighted by molar-refractivity contribution is -0.840. The molecule has 30 heavy (non-hydrogen) atoms. The van der Waals surface area contributed by atoms with E-state index in [1.807, 2.05) is 12.1 Å². The van der Waals surface area contributed by atoms with Crippen LogP contribution in [0.4, 0.5) is 11.4 Å². The summed E-state index contributed by atoms with van der Waals surface area (Å²) >= 11 is 7.95. The molecule has 0 unspecified atom stereocenters. The standard InChI is InChI=1S/C17H19ClN2OS.C4H4O4/c1-20(2,21)11-5-10-19-14-6-3-4-7-16(14)22-17-9-8-13(18)12-15(17)19;5-3(6)1-2-4(7)8/h3-4,6-9,12H,5,10-11H2,1-2H3;1-2H,(H,5,6)(H,7,8)/b;2-1-. The molecule has 9 heteroatoms. The summed E-state index contributed by atoms with van der Waals surface area (Å²) in [5, 5.41) is 28.1. The van der Waals surface area contributed by atoms with Crippen LogP contribution in [-0.4, -0.2) is 54.0 Å². The van der Waals surface area contributed by atoms with Gasteiger partial charge in [0.05, 0.1) is 32.0 Å². The van der Waals surface area contributed by atoms with Crippen LogP contribution in [0.1, 0.15) is 6.42 Å². The average molecular weight is 451 g/mol. The number of halogens is 1. The number of rotatable bonds is 6. The minimum atomic E-state index is -1.26. The molecule has 7 nitrogen and oxygen atoms in total. The van der Waals surface area contributed by atoms with Gasteiger partial charge in [-0.1, -0.05) is 35.5 Å². The summed E-state index contributed by atoms with van der Waals surface area (Å²) in [6.45, 7) is 1.41. The van der Waals surface area contributed by atoms with Gasteiger partial charge in [-0.25, -0.2) is 9.59 Å². The number of hydrogen-bond acceptors (Lipinski definition) is 5. The molecule has 0 aliphatic carbocycles. The van der Waals surface area contributed by atoms with Crippen molar-refractivity contribution in [1.29, 1.82) is 0 Å². The lowest BCUT2D eigenvalue weighted by Crippen LogP contribution is -2.35. The van der Waals surface area contributed by atoms with Crippen molar-refractivity contribution in [2.24, 2.45) is 0 Å². The first kappa shape index (κ1) is 23.8. The smallest absolute Gasteiger partial charge is 0.328 e. The van der Waals surface area contributed by atoms with Crippen LogP contribution >= 0.6 is 23.4 Å². The van der Waals surface area contributed by atoms with Crippen molar-refractivity contribution < 1.29 is 24.4 Å². The van der Waals surface area contributed by atoms with Gasteiger partial charge in [0.2, 0.25) is 0 Å². The maximum Gasteiger partial charge on any atom is 0.328 e. The minimum Gasteiger partial charge on any atom is -0.633 e. The number of para-hydroxylation sites is 1. The Morgan fingerprint density at radius 2 is 1.67 bits per heavy atom. The van der Waals surface area contributed by atoms with Gasteiger partial charge in [-0.3, -0.25) is 0 Å². The molecule has 2 N–H and O–H groups in total. The van der Waals surface area contributed by atoms with Crippen molar-refractivity contribution in [1.82, 2.24) is 0 Å². The van der Waals surface area contributed by atoms with Crippen molar-refractivity contribution >= 4 is 46.7 Å². The van der Waals surface area contributed by atoms with E-state index in [0.717, 1.165) is 23.7 Å². The topological polar surface area (TPSA) is 101 Å². The SMILES string of the molecule is C[N+](C)([O-])CCCN1c2ccccc2Sc2ccc(Cl)cc21.O=C(O)/C=C\C(=O)O. The van der Waals surface area contributed by atoms with E-state index in [0.29, 0.717) is 18.7 Å². The monoisotopic (exact) mass is 450 g/mol. The van der Waals surface area contributed by atoms with E-state index in [4.69, 9.17) is 21.8 Å². The summed E-state index contributed by atoms with van der Waals surface area (Å²) in [5.74, 6) is -2.51. The third-order valence-corrected chi connectivity index (χ3v) is 5.40. The van der Waals surface area contributed by atoms with Crippen LogP contribution in [0, 0.1) is 5.21 Å². The number of carboxylic acids is 2. The normalized spacial score (nSPS) is 12.6. The molecule has 0 amide bonds. The molecule has 0 spiro atoms. The zero-order chi connectivity index (χ0) is 22.3. The van der Waals surface area contributed by atoms with Crippen molar-refractivity contribution in [3.05, 3.63) is 64.8 Å². The number of nitrogens with zero attached hydrogens (tertiary/aromatic N) is 2. The van der Waals surface area contributed by atoms with Crippen LogP contribution < -0.4 is 4.90 Å². The predicted octanol–water partition coefficient (Wildman–Crippen LogP) is 4.62. The van der Waals surface area contributed by atoms with Gasteiger partial charge in [-0.05, 0) is 30.3 Å². The molecular weight excluding hydrogens is 428 g/mol. The maximum absolute atomic E-state index is 11.8. The molecule has 3 rings (SSSR count). The van der Waals surface area contributed by atoms with E-state index in [2.05, 4.69) is 35.2 Å². The summed E-state index contributed by atoms with van der Waals surface area (Å²) in [6.07, 6.45) is 1.95. The van der Waals surface area contributed by atoms with Crippen LogP contribution in [0.3, 0.4) is 0 Å². The summed E-state index contributed by atoms with van der Waals surface area (Å²) in [4.78, 5) is 23.8. The molecule has 160 valence electrons. The number of carbonyl (C=O) groups is 2. The number of hydroxylamine groups is 3. The average Bonchev–Trinajstić information content (AvgIpc) is 2.66. The number of fused-ring (bicyclic) bond motifs is 2. The lowest BCUT2D eigenvalue weighted by atomic mass is 10.2. The minimum absolute atomic E-state index is 0.257. The fourth-order valence-corrected chi connectivity index (χ4v) is 4.04. The number of carboxylic acid groups (broad SMARTS) is 2. The fourth-order valence-electron chi connectivity index (χ4n) is 2.80. The van der Waals surface area contributed by atoms with E-state index in [1.165, 1.54) is 15.5 Å². The van der Waals surface area contributed by atoms with Gasteiger partial charge in [-0.15, -0.1) is 0 Å². The Bertz CT molecular complexity index is 927. The van der Waals surface area contributed by atoms with Crippen LogP contribution in [-0.2, 0) is 9.59 Å². The summed E-state index contributed by atoms with van der Waals surface area (Å²) < 4.78 is -0.257. The van der Waals surface area contributed by atoms with Crippen LogP contribution in [0.2, 0.25) is 5.02 Å². The van der Waals surface area contributed by atoms with Crippen molar-refractivity contribution in [2.75, 3.05) is 32.1 Å². The van der Waals surface area contributed by atoms with Gasteiger partial charge in [-0.2, -0.15) is 0 Å². The predicted molar refractivity (Wildman–Crippen MR) is 118 cm³/mol. The van der Waals surface area contributed by atoms with Crippen LogP contribution in [0.15, 0.2) is 64.4 Å². The first-order valence-corrected chi connectivity index (χ1v) is 10.3. The van der Waals surface area contributed by atoms with Gasteiger partial charge in [0, 0.05) is 39.9 Å². The Balaban J connectivity index is 0.000000343. The molecule has 0 radical (unpaired) electrons. The first-order chi connectivity index (χ1) is 14.1. The molecule has 0 atom stereocenters. The second-order valence-electron chi connectivity index (χ2n) is 6.99. The quantitative estimate of drug-likeness (QED) is 0.376. The van der Waals surface area contributed by atoms with Crippen molar-refractivity contribution in [3.8, 4) is 0 Å². The number of quaternary nitrogens is 1. The largest absolute Gasteiger partial charge is 0.633 e. The molecule has 0 fully saturated rings. The highest BCUT2D eigenvalue weighted by molar-refractivity contribution is 7.99. The van der Waals surface area contributed by atoms with E-state index in [1.54, 1.807) is 25.9 Å². The summed E-state index contributed by atoms with van der Waals surface area (Å²) in [6, 6.07) is 14.4. The zero-order valence-electron chi connectivity index (χ0n) is 16.6. The second-order valence-corrected chi connectivity index (χ2v) is 8.51. The van der Waals surface area contributed by atoms with E-state index in [9.17, 15) is 14.8 Å². The molecule has 0 aromatic heterocycles. The molecule has 0 saturated heterocycles. The molecule has 2 aromatic carbocycles. The van der Waals surface area contributed by atoms with Gasteiger partial charge in [0.15, 0.2) is 0 Å². The zero-order valence-corrected chi connectivity index (χ0v) is 18.2. The van der Waals surface area contributed by atoms with Gasteiger partial charge < -0.3 is 25.0 Å². The summed E-state index contributed by atoms with van der Waals surface area (Å²) in [7, 11) is 3.37. The molecule has 0 saturated carbocycles. The van der Waals surface area contributed by atoms with Gasteiger partial charge in [0.25, 0.3) is 0 Å². The maximum atomic E-state index is 11.8. The Kier molecular flexibility index (Phi) is 8.31. The van der Waals surface area contributed by atoms with Crippen LogP contribution in [0.5, 0.6) is 0 Å². The van der Waals surface area contributed by atoms with Crippen molar-refractivity contribution in [2.45, 2.75) is 16.2 Å². The van der Waals surface area contributed by atoms with Crippen LogP contribution in [0.25, 0.3) is 0 Å². The Hall–Kier alpha value is -2.52. The molecule has 1 aliphatic heterocycles. The molecule has 0 bridgehead atoms. The summed E-state index contributed by atoms with van der Waals surface area (Å²) in [5.41, 5.74) is 2.32. The Morgan fingerprint density at radius 3 is 2.27 bits per heavy atom.